The molecule has 1 aliphatic rings. The molecule has 0 fully saturated rings. The predicted octanol–water partition coefficient (Wildman–Crippen LogP) is 5.49. The topological polar surface area (TPSA) is 79.1 Å². The van der Waals surface area contributed by atoms with Crippen molar-refractivity contribution in [2.75, 3.05) is 20.8 Å². The number of ether oxygens (including phenoxy) is 3. The van der Waals surface area contributed by atoms with E-state index in [4.69, 9.17) is 19.2 Å². The van der Waals surface area contributed by atoms with E-state index in [1.165, 1.54) is 11.3 Å². The average Bonchev–Trinajstić information content (AvgIpc) is 3.21. The van der Waals surface area contributed by atoms with Gasteiger partial charge in [-0.05, 0) is 64.8 Å². The van der Waals surface area contributed by atoms with E-state index in [1.807, 2.05) is 48.5 Å². The van der Waals surface area contributed by atoms with Crippen molar-refractivity contribution in [1.29, 1.82) is 0 Å². The van der Waals surface area contributed by atoms with Gasteiger partial charge in [-0.15, -0.1) is 0 Å². The molecule has 3 aromatic carbocycles. The molecule has 39 heavy (non-hydrogen) atoms. The largest absolute Gasteiger partial charge is 0.496 e. The van der Waals surface area contributed by atoms with Gasteiger partial charge in [0, 0.05) is 15.6 Å². The van der Waals surface area contributed by atoms with Crippen LogP contribution in [0.4, 0.5) is 0 Å². The summed E-state index contributed by atoms with van der Waals surface area (Å²) in [6.07, 6.45) is 1.78. The highest BCUT2D eigenvalue weighted by Crippen LogP contribution is 2.40. The molecule has 7 nitrogen and oxygen atoms in total. The van der Waals surface area contributed by atoms with Gasteiger partial charge in [-0.2, -0.15) is 0 Å². The van der Waals surface area contributed by atoms with Crippen LogP contribution in [0.5, 0.6) is 11.5 Å². The van der Waals surface area contributed by atoms with Gasteiger partial charge in [0.05, 0.1) is 41.1 Å². The molecule has 0 radical (unpaired) electrons. The fourth-order valence-electron chi connectivity index (χ4n) is 4.84. The van der Waals surface area contributed by atoms with Gasteiger partial charge in [-0.1, -0.05) is 57.6 Å². The Kier molecular flexibility index (Phi) is 7.80. The molecule has 0 amide bonds. The number of halogens is 2. The summed E-state index contributed by atoms with van der Waals surface area (Å²) >= 11 is 8.29. The van der Waals surface area contributed by atoms with E-state index in [1.54, 1.807) is 38.7 Å². The molecule has 10 heteroatoms. The summed E-state index contributed by atoms with van der Waals surface area (Å²) in [6.45, 7) is 3.71. The number of nitrogens with zero attached hydrogens (tertiary/aromatic N) is 2. The number of thiazole rings is 1. The van der Waals surface area contributed by atoms with Gasteiger partial charge < -0.3 is 14.2 Å². The monoisotopic (exact) mass is 670 g/mol. The Balaban J connectivity index is 1.86. The van der Waals surface area contributed by atoms with Gasteiger partial charge in [0.15, 0.2) is 4.80 Å². The number of methoxy groups -OCH3 is 2. The highest BCUT2D eigenvalue weighted by atomic mass is 79.9. The molecule has 1 atom stereocenters. The van der Waals surface area contributed by atoms with Crippen LogP contribution < -0.4 is 24.4 Å². The smallest absolute Gasteiger partial charge is 0.338 e. The van der Waals surface area contributed by atoms with E-state index in [2.05, 4.69) is 31.9 Å². The number of rotatable bonds is 6. The van der Waals surface area contributed by atoms with Crippen molar-refractivity contribution in [3.05, 3.63) is 99.6 Å². The maximum absolute atomic E-state index is 14.1. The molecular formula is C29H24Br2N2O5S. The highest BCUT2D eigenvalue weighted by molar-refractivity contribution is 9.11. The van der Waals surface area contributed by atoms with Crippen molar-refractivity contribution >= 4 is 66.0 Å². The molecule has 0 bridgehead atoms. The molecule has 0 saturated carbocycles. The van der Waals surface area contributed by atoms with Crippen LogP contribution >= 0.6 is 43.2 Å². The fraction of sp³-hybridized carbons (Fsp3) is 0.207. The second-order valence-corrected chi connectivity index (χ2v) is 11.5. The quantitative estimate of drug-likeness (QED) is 0.253. The summed E-state index contributed by atoms with van der Waals surface area (Å²) in [4.78, 5) is 32.7. The number of fused-ring (bicyclic) bond motifs is 2. The van der Waals surface area contributed by atoms with Gasteiger partial charge in [0.25, 0.3) is 5.56 Å². The van der Waals surface area contributed by atoms with Gasteiger partial charge in [0.1, 0.15) is 17.5 Å². The number of esters is 1. The zero-order chi connectivity index (χ0) is 27.8. The molecule has 0 unspecified atom stereocenters. The Morgan fingerprint density at radius 1 is 1.13 bits per heavy atom. The predicted molar refractivity (Wildman–Crippen MR) is 159 cm³/mol. The molecule has 5 rings (SSSR count). The minimum Gasteiger partial charge on any atom is -0.496 e. The first kappa shape index (κ1) is 27.4. The van der Waals surface area contributed by atoms with Crippen molar-refractivity contribution in [3.8, 4) is 11.5 Å². The molecule has 0 aliphatic carbocycles. The van der Waals surface area contributed by atoms with E-state index >= 15 is 0 Å². The molecule has 200 valence electrons. The summed E-state index contributed by atoms with van der Waals surface area (Å²) < 4.78 is 20.4. The molecule has 4 aromatic rings. The van der Waals surface area contributed by atoms with E-state index in [0.717, 1.165) is 19.7 Å². The highest BCUT2D eigenvalue weighted by Gasteiger charge is 2.36. The van der Waals surface area contributed by atoms with E-state index in [9.17, 15) is 9.59 Å². The van der Waals surface area contributed by atoms with Crippen molar-refractivity contribution in [1.82, 2.24) is 4.57 Å². The Labute approximate surface area is 245 Å². The maximum atomic E-state index is 14.1. The first-order valence-corrected chi connectivity index (χ1v) is 14.5. The van der Waals surface area contributed by atoms with E-state index in [0.29, 0.717) is 43.2 Å². The second kappa shape index (κ2) is 11.1. The van der Waals surface area contributed by atoms with E-state index in [-0.39, 0.29) is 12.2 Å². The SMILES string of the molecule is CCOC(=O)C1=C(C)N=c2s/c(=C\c3cc(Br)cc(Br)c3OC)c(=O)n2[C@@H]1c1c(OC)ccc2ccccc12. The van der Waals surface area contributed by atoms with Crippen molar-refractivity contribution in [3.63, 3.8) is 0 Å². The molecular weight excluding hydrogens is 648 g/mol. The molecule has 0 N–H and O–H groups in total. The van der Waals surface area contributed by atoms with Crippen LogP contribution in [0.1, 0.15) is 31.0 Å². The molecule has 0 spiro atoms. The first-order chi connectivity index (χ1) is 18.8. The lowest BCUT2D eigenvalue weighted by atomic mass is 9.90. The zero-order valence-electron chi connectivity index (χ0n) is 21.6. The second-order valence-electron chi connectivity index (χ2n) is 8.71. The standard InChI is InChI=1S/C29H24Br2N2O5S/c1-5-38-28(35)23-15(2)32-29-33(25(23)24-19-9-7-6-8-16(19)10-11-21(24)36-3)27(34)22(39-29)13-17-12-18(30)14-20(31)26(17)37-4/h6-14,25H,5H2,1-4H3/b22-13-/t25-/m0/s1. The lowest BCUT2D eigenvalue weighted by Gasteiger charge is -2.27. The van der Waals surface area contributed by atoms with Crippen molar-refractivity contribution in [2.24, 2.45) is 4.99 Å². The summed E-state index contributed by atoms with van der Waals surface area (Å²) in [7, 11) is 3.16. The van der Waals surface area contributed by atoms with Gasteiger partial charge in [0.2, 0.25) is 0 Å². The maximum Gasteiger partial charge on any atom is 0.338 e. The molecule has 2 heterocycles. The Morgan fingerprint density at radius 2 is 1.90 bits per heavy atom. The normalized spacial score (nSPS) is 15.2. The van der Waals surface area contributed by atoms with Crippen LogP contribution in [-0.4, -0.2) is 31.4 Å². The van der Waals surface area contributed by atoms with Crippen molar-refractivity contribution < 1.29 is 19.0 Å². The van der Waals surface area contributed by atoms with Crippen LogP contribution in [0, 0.1) is 0 Å². The third-order valence-electron chi connectivity index (χ3n) is 6.47. The number of benzene rings is 3. The third kappa shape index (κ3) is 4.85. The Morgan fingerprint density at radius 3 is 2.62 bits per heavy atom. The Hall–Kier alpha value is -3.21. The summed E-state index contributed by atoms with van der Waals surface area (Å²) in [6, 6.07) is 14.6. The number of carbonyl (C=O) groups is 1. The summed E-state index contributed by atoms with van der Waals surface area (Å²) in [5.74, 6) is 0.632. The van der Waals surface area contributed by atoms with Crippen LogP contribution in [0.3, 0.4) is 0 Å². The van der Waals surface area contributed by atoms with Crippen LogP contribution in [0.25, 0.3) is 16.8 Å². The number of allylic oxidation sites excluding steroid dienone is 1. The van der Waals surface area contributed by atoms with Crippen LogP contribution in [-0.2, 0) is 9.53 Å². The van der Waals surface area contributed by atoms with E-state index < -0.39 is 12.0 Å². The van der Waals surface area contributed by atoms with Gasteiger partial charge in [-0.25, -0.2) is 9.79 Å². The number of aromatic nitrogens is 1. The number of hydrogen-bond donors (Lipinski definition) is 0. The third-order valence-corrected chi connectivity index (χ3v) is 8.50. The summed E-state index contributed by atoms with van der Waals surface area (Å²) in [5.41, 5.74) is 1.91. The number of carbonyl (C=O) groups excluding carboxylic acids is 1. The fourth-order valence-corrected chi connectivity index (χ4v) is 7.30. The average molecular weight is 672 g/mol. The van der Waals surface area contributed by atoms with Crippen molar-refractivity contribution in [2.45, 2.75) is 19.9 Å². The minimum atomic E-state index is -0.806. The summed E-state index contributed by atoms with van der Waals surface area (Å²) in [5, 5.41) is 1.82. The molecule has 0 saturated heterocycles. The molecule has 1 aromatic heterocycles. The zero-order valence-corrected chi connectivity index (χ0v) is 25.6. The van der Waals surface area contributed by atoms with Crippen LogP contribution in [0.2, 0.25) is 0 Å². The van der Waals surface area contributed by atoms with Crippen LogP contribution in [0.15, 0.2) is 78.5 Å². The number of hydrogen-bond acceptors (Lipinski definition) is 7. The molecule has 1 aliphatic heterocycles. The lowest BCUT2D eigenvalue weighted by molar-refractivity contribution is -0.139. The lowest BCUT2D eigenvalue weighted by Crippen LogP contribution is -2.40. The van der Waals surface area contributed by atoms with Gasteiger partial charge >= 0.3 is 5.97 Å². The minimum absolute atomic E-state index is 0.191. The Bertz CT molecular complexity index is 1840. The van der Waals surface area contributed by atoms with Gasteiger partial charge in [-0.3, -0.25) is 9.36 Å². The first-order valence-electron chi connectivity index (χ1n) is 12.1.